The van der Waals surface area contributed by atoms with E-state index in [-0.39, 0.29) is 5.91 Å². The zero-order valence-corrected chi connectivity index (χ0v) is 13.1. The molecule has 21 heavy (non-hydrogen) atoms. The first-order valence-corrected chi connectivity index (χ1v) is 8.11. The van der Waals surface area contributed by atoms with E-state index in [1.54, 1.807) is 6.07 Å². The molecular formula is C16H26N4O. The molecule has 0 bridgehead atoms. The molecule has 2 N–H and O–H groups in total. The van der Waals surface area contributed by atoms with Gasteiger partial charge in [-0.15, -0.1) is 10.2 Å². The molecule has 1 heterocycles. The monoisotopic (exact) mass is 290 g/mol. The lowest BCUT2D eigenvalue weighted by Gasteiger charge is -2.29. The maximum absolute atomic E-state index is 11.6. The Kier molecular flexibility index (Phi) is 5.96. The van der Waals surface area contributed by atoms with Gasteiger partial charge in [-0.3, -0.25) is 4.79 Å². The molecule has 1 aliphatic rings. The van der Waals surface area contributed by atoms with E-state index in [9.17, 15) is 4.79 Å². The van der Waals surface area contributed by atoms with Crippen molar-refractivity contribution in [1.82, 2.24) is 15.5 Å². The molecule has 0 atom stereocenters. The lowest BCUT2D eigenvalue weighted by atomic mass is 9.83. The summed E-state index contributed by atoms with van der Waals surface area (Å²) in [6, 6.07) is 4.06. The van der Waals surface area contributed by atoms with E-state index >= 15 is 0 Å². The van der Waals surface area contributed by atoms with Crippen LogP contribution < -0.4 is 10.6 Å². The number of amides is 1. The Morgan fingerprint density at radius 2 is 1.95 bits per heavy atom. The average Bonchev–Trinajstić information content (AvgIpc) is 2.50. The molecule has 1 amide bonds. The van der Waals surface area contributed by atoms with Crippen LogP contribution in [0.3, 0.4) is 0 Å². The summed E-state index contributed by atoms with van der Waals surface area (Å²) >= 11 is 0. The fourth-order valence-electron chi connectivity index (χ4n) is 2.99. The Morgan fingerprint density at radius 1 is 1.19 bits per heavy atom. The number of nitrogens with one attached hydrogen (secondary N) is 2. The number of carbonyl (C=O) groups excluding carboxylic acids is 1. The summed E-state index contributed by atoms with van der Waals surface area (Å²) in [5.74, 6) is 1.50. The number of carbonyl (C=O) groups is 1. The molecule has 0 radical (unpaired) electrons. The van der Waals surface area contributed by atoms with Gasteiger partial charge in [0.25, 0.3) is 5.91 Å². The van der Waals surface area contributed by atoms with Gasteiger partial charge in [0.05, 0.1) is 0 Å². The van der Waals surface area contributed by atoms with Crippen LogP contribution >= 0.6 is 0 Å². The number of rotatable bonds is 6. The van der Waals surface area contributed by atoms with Gasteiger partial charge < -0.3 is 10.6 Å². The van der Waals surface area contributed by atoms with Gasteiger partial charge in [0, 0.05) is 12.6 Å². The van der Waals surface area contributed by atoms with E-state index < -0.39 is 0 Å². The summed E-state index contributed by atoms with van der Waals surface area (Å²) in [4.78, 5) is 11.6. The smallest absolute Gasteiger partial charge is 0.271 e. The summed E-state index contributed by atoms with van der Waals surface area (Å²) < 4.78 is 0. The largest absolute Gasteiger partial charge is 0.366 e. The summed E-state index contributed by atoms with van der Waals surface area (Å²) in [5, 5.41) is 14.2. The second-order valence-corrected chi connectivity index (χ2v) is 5.81. The Balaban J connectivity index is 1.82. The highest BCUT2D eigenvalue weighted by Crippen LogP contribution is 2.29. The second kappa shape index (κ2) is 7.96. The molecular weight excluding hydrogens is 264 g/mol. The zero-order valence-electron chi connectivity index (χ0n) is 13.1. The van der Waals surface area contributed by atoms with Crippen molar-refractivity contribution in [3.8, 4) is 0 Å². The van der Waals surface area contributed by atoms with E-state index in [1.807, 2.05) is 13.0 Å². The minimum Gasteiger partial charge on any atom is -0.366 e. The molecule has 1 aliphatic carbocycles. The normalized spacial score (nSPS) is 21.8. The van der Waals surface area contributed by atoms with Crippen molar-refractivity contribution in [2.75, 3.05) is 11.9 Å². The van der Waals surface area contributed by atoms with E-state index in [4.69, 9.17) is 0 Å². The Morgan fingerprint density at radius 3 is 2.52 bits per heavy atom. The molecule has 0 unspecified atom stereocenters. The zero-order chi connectivity index (χ0) is 15.1. The van der Waals surface area contributed by atoms with Gasteiger partial charge in [0.15, 0.2) is 5.69 Å². The van der Waals surface area contributed by atoms with Crippen LogP contribution in [0.5, 0.6) is 0 Å². The van der Waals surface area contributed by atoms with E-state index in [1.165, 1.54) is 38.5 Å². The van der Waals surface area contributed by atoms with Crippen LogP contribution in [0.15, 0.2) is 12.1 Å². The molecule has 5 nitrogen and oxygen atoms in total. The van der Waals surface area contributed by atoms with Gasteiger partial charge in [-0.1, -0.05) is 19.8 Å². The molecule has 1 saturated carbocycles. The highest BCUT2D eigenvalue weighted by molar-refractivity contribution is 5.92. The highest BCUT2D eigenvalue weighted by atomic mass is 16.1. The molecule has 1 fully saturated rings. The number of aromatic nitrogens is 2. The van der Waals surface area contributed by atoms with Crippen molar-refractivity contribution >= 4 is 11.7 Å². The fourth-order valence-corrected chi connectivity index (χ4v) is 2.99. The van der Waals surface area contributed by atoms with Gasteiger partial charge in [-0.05, 0) is 50.7 Å². The minimum absolute atomic E-state index is 0.170. The first-order valence-electron chi connectivity index (χ1n) is 8.11. The van der Waals surface area contributed by atoms with Gasteiger partial charge in [0.1, 0.15) is 5.82 Å². The van der Waals surface area contributed by atoms with Crippen LogP contribution in [-0.4, -0.2) is 28.7 Å². The first-order chi connectivity index (χ1) is 10.2. The van der Waals surface area contributed by atoms with Crippen LogP contribution in [0.2, 0.25) is 0 Å². The quantitative estimate of drug-likeness (QED) is 0.845. The van der Waals surface area contributed by atoms with Crippen molar-refractivity contribution in [3.05, 3.63) is 17.8 Å². The van der Waals surface area contributed by atoms with Crippen molar-refractivity contribution < 1.29 is 4.79 Å². The molecule has 0 saturated heterocycles. The first kappa shape index (κ1) is 15.7. The molecule has 0 aliphatic heterocycles. The van der Waals surface area contributed by atoms with Crippen molar-refractivity contribution in [2.45, 2.75) is 58.4 Å². The lowest BCUT2D eigenvalue weighted by Crippen LogP contribution is -2.27. The maximum atomic E-state index is 11.6. The molecule has 2 rings (SSSR count). The Bertz CT molecular complexity index is 438. The van der Waals surface area contributed by atoms with Crippen molar-refractivity contribution in [2.24, 2.45) is 5.92 Å². The highest BCUT2D eigenvalue weighted by Gasteiger charge is 2.20. The van der Waals surface area contributed by atoms with Crippen LogP contribution in [0.1, 0.15) is 62.9 Å². The SMILES string of the molecule is CCCC1CCC(Nc2ccc(C(=O)NCC)nn2)CC1. The summed E-state index contributed by atoms with van der Waals surface area (Å²) in [6.45, 7) is 4.74. The van der Waals surface area contributed by atoms with Gasteiger partial charge in [-0.25, -0.2) is 0 Å². The fraction of sp³-hybridized carbons (Fsp3) is 0.688. The topological polar surface area (TPSA) is 66.9 Å². The predicted octanol–water partition coefficient (Wildman–Crippen LogP) is 3.00. The van der Waals surface area contributed by atoms with E-state index in [0.717, 1.165) is 11.7 Å². The maximum Gasteiger partial charge on any atom is 0.271 e. The average molecular weight is 290 g/mol. The third kappa shape index (κ3) is 4.69. The van der Waals surface area contributed by atoms with E-state index in [2.05, 4.69) is 27.8 Å². The molecule has 0 spiro atoms. The van der Waals surface area contributed by atoms with Crippen molar-refractivity contribution in [1.29, 1.82) is 0 Å². The molecule has 1 aromatic rings. The molecule has 116 valence electrons. The minimum atomic E-state index is -0.170. The number of hydrogen-bond donors (Lipinski definition) is 2. The van der Waals surface area contributed by atoms with E-state index in [0.29, 0.717) is 18.3 Å². The standard InChI is InChI=1S/C16H26N4O/c1-3-5-12-6-8-13(9-7-12)18-15-11-10-14(19-20-15)16(21)17-4-2/h10-13H,3-9H2,1-2H3,(H,17,21)(H,18,20). The summed E-state index contributed by atoms with van der Waals surface area (Å²) in [6.07, 6.45) is 7.64. The Hall–Kier alpha value is -1.65. The van der Waals surface area contributed by atoms with Crippen LogP contribution in [-0.2, 0) is 0 Å². The Labute approximate surface area is 126 Å². The van der Waals surface area contributed by atoms with Crippen LogP contribution in [0, 0.1) is 5.92 Å². The summed E-state index contributed by atoms with van der Waals surface area (Å²) in [5.41, 5.74) is 0.369. The molecule has 1 aromatic heterocycles. The van der Waals surface area contributed by atoms with Crippen LogP contribution in [0.4, 0.5) is 5.82 Å². The second-order valence-electron chi connectivity index (χ2n) is 5.81. The van der Waals surface area contributed by atoms with Gasteiger partial charge in [-0.2, -0.15) is 0 Å². The number of anilines is 1. The van der Waals surface area contributed by atoms with Crippen LogP contribution in [0.25, 0.3) is 0 Å². The predicted molar refractivity (Wildman–Crippen MR) is 84.3 cm³/mol. The summed E-state index contributed by atoms with van der Waals surface area (Å²) in [7, 11) is 0. The lowest BCUT2D eigenvalue weighted by molar-refractivity contribution is 0.0950. The number of nitrogens with zero attached hydrogens (tertiary/aromatic N) is 2. The third-order valence-electron chi connectivity index (χ3n) is 4.13. The number of hydrogen-bond acceptors (Lipinski definition) is 4. The molecule has 5 heteroatoms. The third-order valence-corrected chi connectivity index (χ3v) is 4.13. The van der Waals surface area contributed by atoms with Gasteiger partial charge in [0.2, 0.25) is 0 Å². The van der Waals surface area contributed by atoms with Gasteiger partial charge >= 0.3 is 0 Å². The van der Waals surface area contributed by atoms with Crippen molar-refractivity contribution in [3.63, 3.8) is 0 Å². The molecule has 0 aromatic carbocycles.